The first-order chi connectivity index (χ1) is 12.6. The molecule has 1 N–H and O–H groups in total. The number of carbonyl (C=O) groups excluding carboxylic acids is 1. The van der Waals surface area contributed by atoms with Crippen LogP contribution in [0, 0.1) is 11.8 Å². The number of methoxy groups -OCH3 is 1. The first-order valence-electron chi connectivity index (χ1n) is 9.58. The van der Waals surface area contributed by atoms with Crippen molar-refractivity contribution in [2.45, 2.75) is 49.8 Å². The number of nitrogens with one attached hydrogen (secondary N) is 1. The number of ether oxygens (including phenoxy) is 2. The Morgan fingerprint density at radius 3 is 2.92 bits per heavy atom. The molecule has 6 atom stereocenters. The van der Waals surface area contributed by atoms with Crippen LogP contribution in [0.1, 0.15) is 31.7 Å². The van der Waals surface area contributed by atoms with Crippen LogP contribution in [0.25, 0.3) is 0 Å². The van der Waals surface area contributed by atoms with Gasteiger partial charge in [-0.05, 0) is 36.8 Å². The van der Waals surface area contributed by atoms with E-state index in [9.17, 15) is 4.79 Å². The van der Waals surface area contributed by atoms with Crippen LogP contribution in [0.4, 0.5) is 5.69 Å². The molecule has 6 heteroatoms. The van der Waals surface area contributed by atoms with E-state index in [0.717, 1.165) is 42.9 Å². The summed E-state index contributed by atoms with van der Waals surface area (Å²) in [6.07, 6.45) is 2.74. The molecule has 0 aromatic heterocycles. The lowest BCUT2D eigenvalue weighted by Crippen LogP contribution is -2.53. The minimum atomic E-state index is -0.669. The van der Waals surface area contributed by atoms with Crippen LogP contribution < -0.4 is 15.1 Å². The van der Waals surface area contributed by atoms with Crippen LogP contribution in [0.3, 0.4) is 0 Å². The summed E-state index contributed by atoms with van der Waals surface area (Å²) in [4.78, 5) is 19.1. The lowest BCUT2D eigenvalue weighted by atomic mass is 9.71. The zero-order valence-corrected chi connectivity index (χ0v) is 15.5. The summed E-state index contributed by atoms with van der Waals surface area (Å²) in [6, 6.07) is 6.71. The second kappa shape index (κ2) is 5.68. The number of hydrogen-bond acceptors (Lipinski definition) is 5. The van der Waals surface area contributed by atoms with Gasteiger partial charge in [-0.25, -0.2) is 0 Å². The van der Waals surface area contributed by atoms with Crippen molar-refractivity contribution in [1.82, 2.24) is 5.32 Å². The molecule has 6 rings (SSSR count). The van der Waals surface area contributed by atoms with Gasteiger partial charge in [-0.1, -0.05) is 13.0 Å². The molecular weight excluding hydrogens is 332 g/mol. The molecule has 4 unspecified atom stereocenters. The predicted molar refractivity (Wildman–Crippen MR) is 96.1 cm³/mol. The van der Waals surface area contributed by atoms with E-state index in [-0.39, 0.29) is 12.0 Å². The van der Waals surface area contributed by atoms with Gasteiger partial charge in [0.2, 0.25) is 0 Å². The van der Waals surface area contributed by atoms with Crippen molar-refractivity contribution in [1.29, 1.82) is 0 Å². The van der Waals surface area contributed by atoms with Crippen molar-refractivity contribution in [2.24, 2.45) is 11.8 Å². The molecular formula is C20H26N2O4. The Morgan fingerprint density at radius 1 is 1.35 bits per heavy atom. The maximum atomic E-state index is 13.6. The summed E-state index contributed by atoms with van der Waals surface area (Å²) >= 11 is 0. The van der Waals surface area contributed by atoms with Crippen LogP contribution >= 0.6 is 0 Å². The number of anilines is 1. The molecule has 26 heavy (non-hydrogen) atoms. The Bertz CT molecular complexity index is 753. The van der Waals surface area contributed by atoms with Crippen molar-refractivity contribution < 1.29 is 19.1 Å². The molecule has 4 fully saturated rings. The number of rotatable bonds is 3. The Morgan fingerprint density at radius 2 is 2.19 bits per heavy atom. The van der Waals surface area contributed by atoms with E-state index in [0.29, 0.717) is 23.9 Å². The predicted octanol–water partition coefficient (Wildman–Crippen LogP) is 2.02. The molecule has 140 valence electrons. The highest BCUT2D eigenvalue weighted by Gasteiger charge is 2.64. The third-order valence-electron chi connectivity index (χ3n) is 7.17. The zero-order chi connectivity index (χ0) is 18.1. The molecule has 6 nitrogen and oxygen atoms in total. The quantitative estimate of drug-likeness (QED) is 0.896. The molecule has 1 aliphatic carbocycles. The minimum absolute atomic E-state index is 0.00342. The smallest absolute Gasteiger partial charge is 0.264 e. The lowest BCUT2D eigenvalue weighted by Gasteiger charge is -2.40. The van der Waals surface area contributed by atoms with E-state index in [1.165, 1.54) is 5.06 Å². The van der Waals surface area contributed by atoms with Gasteiger partial charge in [0, 0.05) is 24.1 Å². The summed E-state index contributed by atoms with van der Waals surface area (Å²) in [6.45, 7) is 2.99. The van der Waals surface area contributed by atoms with Crippen LogP contribution in [0.2, 0.25) is 0 Å². The topological polar surface area (TPSA) is 60.0 Å². The highest BCUT2D eigenvalue weighted by atomic mass is 16.7. The molecule has 1 aromatic rings. The van der Waals surface area contributed by atoms with Gasteiger partial charge in [-0.15, -0.1) is 0 Å². The first-order valence-corrected chi connectivity index (χ1v) is 9.58. The van der Waals surface area contributed by atoms with Crippen molar-refractivity contribution in [3.05, 3.63) is 23.8 Å². The molecule has 1 aromatic carbocycles. The maximum Gasteiger partial charge on any atom is 0.264 e. The number of amides is 1. The third kappa shape index (κ3) is 1.90. The van der Waals surface area contributed by atoms with E-state index >= 15 is 0 Å². The summed E-state index contributed by atoms with van der Waals surface area (Å²) < 4.78 is 11.7. The number of carbonyl (C=O) groups is 1. The molecule has 1 spiro atoms. The average Bonchev–Trinajstić information content (AvgIpc) is 3.01. The van der Waals surface area contributed by atoms with E-state index in [1.807, 2.05) is 18.2 Å². The van der Waals surface area contributed by atoms with Crippen molar-refractivity contribution in [2.75, 3.05) is 25.9 Å². The summed E-state index contributed by atoms with van der Waals surface area (Å²) in [5, 5.41) is 5.25. The molecule has 1 amide bonds. The van der Waals surface area contributed by atoms with Crippen molar-refractivity contribution >= 4 is 11.6 Å². The number of hydrogen-bond donors (Lipinski definition) is 1. The molecule has 5 aliphatic rings. The van der Waals surface area contributed by atoms with Crippen LogP contribution in [-0.2, 0) is 19.8 Å². The summed E-state index contributed by atoms with van der Waals surface area (Å²) in [7, 11) is 3.18. The average molecular weight is 358 g/mol. The van der Waals surface area contributed by atoms with Crippen LogP contribution in [-0.4, -0.2) is 44.9 Å². The first kappa shape index (κ1) is 16.5. The molecule has 4 bridgehead atoms. The van der Waals surface area contributed by atoms with Crippen molar-refractivity contribution in [3.8, 4) is 5.75 Å². The van der Waals surface area contributed by atoms with E-state index in [4.69, 9.17) is 14.3 Å². The van der Waals surface area contributed by atoms with E-state index in [1.54, 1.807) is 14.2 Å². The van der Waals surface area contributed by atoms with Gasteiger partial charge in [0.25, 0.3) is 5.91 Å². The van der Waals surface area contributed by atoms with Gasteiger partial charge >= 0.3 is 0 Å². The maximum absolute atomic E-state index is 13.6. The van der Waals surface area contributed by atoms with Gasteiger partial charge in [-0.2, -0.15) is 5.06 Å². The molecule has 4 heterocycles. The second-order valence-corrected chi connectivity index (χ2v) is 8.01. The fraction of sp³-hybridized carbons (Fsp3) is 0.650. The molecule has 4 aliphatic heterocycles. The Kier molecular flexibility index (Phi) is 3.61. The number of benzene rings is 1. The van der Waals surface area contributed by atoms with Crippen LogP contribution in [0.15, 0.2) is 18.2 Å². The standard InChI is InChI=1S/C20H26N2O4/c1-4-15-12-8-18-20(9-16(21-15)13(12)10-26-18)14-6-5-11(24-2)7-17(14)22(25-3)19(20)23/h5-7,12-13,15-16,18,21H,4,8-10H2,1-3H3/t12?,13?,15-,16?,18?,20+/m0/s1. The van der Waals surface area contributed by atoms with Gasteiger partial charge < -0.3 is 14.8 Å². The molecule has 3 saturated heterocycles. The third-order valence-corrected chi connectivity index (χ3v) is 7.17. The van der Waals surface area contributed by atoms with Gasteiger partial charge in [0.05, 0.1) is 32.6 Å². The van der Waals surface area contributed by atoms with Crippen molar-refractivity contribution in [3.63, 3.8) is 0 Å². The number of hydroxylamine groups is 1. The van der Waals surface area contributed by atoms with Gasteiger partial charge in [-0.3, -0.25) is 9.63 Å². The van der Waals surface area contributed by atoms with E-state index in [2.05, 4.69) is 12.2 Å². The largest absolute Gasteiger partial charge is 0.497 e. The Labute approximate surface area is 153 Å². The zero-order valence-electron chi connectivity index (χ0n) is 15.5. The highest BCUT2D eigenvalue weighted by Crippen LogP contribution is 2.57. The molecule has 0 radical (unpaired) electrons. The fourth-order valence-corrected chi connectivity index (χ4v) is 5.97. The molecule has 1 saturated carbocycles. The Hall–Kier alpha value is -1.63. The monoisotopic (exact) mass is 358 g/mol. The lowest BCUT2D eigenvalue weighted by molar-refractivity contribution is -0.138. The number of fused-ring (bicyclic) bond motifs is 2. The SMILES string of the molecule is CC[C@@H]1NC2C[C@]3(C(=O)N(OC)c4cc(OC)ccc43)C3CC1C2CO3. The Balaban J connectivity index is 1.65. The highest BCUT2D eigenvalue weighted by molar-refractivity contribution is 6.07. The normalized spacial score (nSPS) is 40.2. The van der Waals surface area contributed by atoms with Gasteiger partial charge in [0.15, 0.2) is 0 Å². The summed E-state index contributed by atoms with van der Waals surface area (Å²) in [5.74, 6) is 1.81. The second-order valence-electron chi connectivity index (χ2n) is 8.01. The summed E-state index contributed by atoms with van der Waals surface area (Å²) in [5.41, 5.74) is 1.13. The number of nitrogens with zero attached hydrogens (tertiary/aromatic N) is 1. The van der Waals surface area contributed by atoms with Gasteiger partial charge in [0.1, 0.15) is 11.2 Å². The van der Waals surface area contributed by atoms with Crippen LogP contribution in [0.5, 0.6) is 5.75 Å². The fourth-order valence-electron chi connectivity index (χ4n) is 5.97. The van der Waals surface area contributed by atoms with E-state index < -0.39 is 5.41 Å². The minimum Gasteiger partial charge on any atom is -0.497 e.